The third-order valence-electron chi connectivity index (χ3n) is 3.10. The van der Waals surface area contributed by atoms with Crippen molar-refractivity contribution in [2.75, 3.05) is 6.61 Å². The van der Waals surface area contributed by atoms with E-state index >= 15 is 0 Å². The summed E-state index contributed by atoms with van der Waals surface area (Å²) in [5, 5.41) is 8.93. The molecule has 54 valence electrons. The van der Waals surface area contributed by atoms with Gasteiger partial charge in [-0.15, -0.1) is 0 Å². The van der Waals surface area contributed by atoms with E-state index in [-0.39, 0.29) is 5.41 Å². The van der Waals surface area contributed by atoms with E-state index in [1.807, 2.05) is 0 Å². The molecule has 0 saturated heterocycles. The minimum atomic E-state index is 0.249. The number of hydrogen-bond acceptors (Lipinski definition) is 1. The Kier molecular flexibility index (Phi) is 1.55. The molecule has 1 nitrogen and oxygen atoms in total. The average Bonchev–Trinajstić information content (AvgIpc) is 1.87. The molecule has 9 heavy (non-hydrogen) atoms. The number of rotatable bonds is 1. The lowest BCUT2D eigenvalue weighted by molar-refractivity contribution is -0.0489. The molecule has 1 aliphatic rings. The van der Waals surface area contributed by atoms with Crippen LogP contribution in [-0.2, 0) is 0 Å². The normalized spacial score (nSPS) is 50.7. The molecule has 0 aromatic rings. The molecule has 1 aliphatic carbocycles. The Balaban J connectivity index is 2.48. The Morgan fingerprint density at radius 1 is 1.56 bits per heavy atom. The van der Waals surface area contributed by atoms with Crippen LogP contribution in [0.15, 0.2) is 0 Å². The fourth-order valence-corrected chi connectivity index (χ4v) is 1.83. The quantitative estimate of drug-likeness (QED) is 0.569. The highest BCUT2D eigenvalue weighted by molar-refractivity contribution is 4.93. The second-order valence-electron chi connectivity index (χ2n) is 3.78. The van der Waals surface area contributed by atoms with Crippen molar-refractivity contribution in [2.24, 2.45) is 17.3 Å². The molecule has 1 heteroatoms. The van der Waals surface area contributed by atoms with E-state index in [0.717, 1.165) is 5.92 Å². The highest BCUT2D eigenvalue weighted by atomic mass is 16.3. The minimum absolute atomic E-state index is 0.249. The van der Waals surface area contributed by atoms with Crippen LogP contribution in [0.1, 0.15) is 27.2 Å². The van der Waals surface area contributed by atoms with Gasteiger partial charge in [0.05, 0.1) is 0 Å². The Hall–Kier alpha value is -0.0400. The first kappa shape index (κ1) is 7.07. The van der Waals surface area contributed by atoms with Gasteiger partial charge in [0.1, 0.15) is 0 Å². The topological polar surface area (TPSA) is 20.2 Å². The van der Waals surface area contributed by atoms with E-state index in [1.165, 1.54) is 6.42 Å². The second kappa shape index (κ2) is 1.98. The van der Waals surface area contributed by atoms with Gasteiger partial charge in [0.2, 0.25) is 0 Å². The second-order valence-corrected chi connectivity index (χ2v) is 3.78. The predicted octanol–water partition coefficient (Wildman–Crippen LogP) is 1.66. The Labute approximate surface area is 57.1 Å². The molecule has 1 N–H and O–H groups in total. The molecule has 0 radical (unpaired) electrons. The molecule has 3 unspecified atom stereocenters. The summed E-state index contributed by atoms with van der Waals surface area (Å²) in [6.07, 6.45) is 1.20. The SMILES string of the molecule is CC1CC(C)(CO)C1C. The first-order chi connectivity index (χ1) is 4.10. The highest BCUT2D eigenvalue weighted by Gasteiger charge is 2.44. The van der Waals surface area contributed by atoms with Gasteiger partial charge in [-0.05, 0) is 23.7 Å². The van der Waals surface area contributed by atoms with E-state index in [9.17, 15) is 0 Å². The predicted molar refractivity (Wildman–Crippen MR) is 38.1 cm³/mol. The van der Waals surface area contributed by atoms with Crippen LogP contribution in [-0.4, -0.2) is 11.7 Å². The zero-order chi connectivity index (χ0) is 7.07. The van der Waals surface area contributed by atoms with Crippen LogP contribution < -0.4 is 0 Å². The van der Waals surface area contributed by atoms with Crippen LogP contribution in [0.2, 0.25) is 0 Å². The Bertz CT molecular complexity index is 111. The smallest absolute Gasteiger partial charge is 0.0487 e. The maximum Gasteiger partial charge on any atom is 0.0487 e. The molecular weight excluding hydrogens is 112 g/mol. The van der Waals surface area contributed by atoms with Crippen LogP contribution in [0.5, 0.6) is 0 Å². The monoisotopic (exact) mass is 128 g/mol. The summed E-state index contributed by atoms with van der Waals surface area (Å²) in [5.74, 6) is 1.53. The summed E-state index contributed by atoms with van der Waals surface area (Å²) in [7, 11) is 0. The zero-order valence-corrected chi connectivity index (χ0v) is 6.52. The van der Waals surface area contributed by atoms with Crippen molar-refractivity contribution < 1.29 is 5.11 Å². The zero-order valence-electron chi connectivity index (χ0n) is 6.52. The Morgan fingerprint density at radius 2 is 2.11 bits per heavy atom. The van der Waals surface area contributed by atoms with E-state index in [0.29, 0.717) is 12.5 Å². The lowest BCUT2D eigenvalue weighted by atomic mass is 9.56. The van der Waals surface area contributed by atoms with Crippen molar-refractivity contribution in [1.82, 2.24) is 0 Å². The van der Waals surface area contributed by atoms with E-state index in [1.54, 1.807) is 0 Å². The number of aliphatic hydroxyl groups is 1. The van der Waals surface area contributed by atoms with Gasteiger partial charge in [0.25, 0.3) is 0 Å². The van der Waals surface area contributed by atoms with Gasteiger partial charge in [-0.3, -0.25) is 0 Å². The summed E-state index contributed by atoms with van der Waals surface area (Å²) in [4.78, 5) is 0. The van der Waals surface area contributed by atoms with Crippen molar-refractivity contribution in [3.63, 3.8) is 0 Å². The van der Waals surface area contributed by atoms with Crippen molar-refractivity contribution >= 4 is 0 Å². The molecule has 0 aromatic carbocycles. The molecule has 0 spiro atoms. The minimum Gasteiger partial charge on any atom is -0.396 e. The molecule has 1 saturated carbocycles. The third-order valence-corrected chi connectivity index (χ3v) is 3.10. The molecule has 1 rings (SSSR count). The fraction of sp³-hybridized carbons (Fsp3) is 1.00. The maximum atomic E-state index is 8.93. The fourth-order valence-electron chi connectivity index (χ4n) is 1.83. The summed E-state index contributed by atoms with van der Waals surface area (Å²) in [5.41, 5.74) is 0.249. The van der Waals surface area contributed by atoms with Gasteiger partial charge < -0.3 is 5.11 Å². The first-order valence-corrected chi connectivity index (χ1v) is 3.71. The highest BCUT2D eigenvalue weighted by Crippen LogP contribution is 2.49. The number of hydrogen-bond donors (Lipinski definition) is 1. The molecule has 0 amide bonds. The van der Waals surface area contributed by atoms with Gasteiger partial charge in [-0.1, -0.05) is 20.8 Å². The van der Waals surface area contributed by atoms with Crippen LogP contribution in [0.25, 0.3) is 0 Å². The standard InChI is InChI=1S/C8H16O/c1-6-4-8(3,5-9)7(6)2/h6-7,9H,4-5H2,1-3H3. The summed E-state index contributed by atoms with van der Waals surface area (Å²) < 4.78 is 0. The molecular formula is C8H16O. The van der Waals surface area contributed by atoms with Gasteiger partial charge in [-0.2, -0.15) is 0 Å². The van der Waals surface area contributed by atoms with Crippen molar-refractivity contribution in [3.05, 3.63) is 0 Å². The largest absolute Gasteiger partial charge is 0.396 e. The van der Waals surface area contributed by atoms with E-state index < -0.39 is 0 Å². The summed E-state index contributed by atoms with van der Waals surface area (Å²) >= 11 is 0. The lowest BCUT2D eigenvalue weighted by Gasteiger charge is -2.49. The van der Waals surface area contributed by atoms with E-state index in [4.69, 9.17) is 5.11 Å². The summed E-state index contributed by atoms with van der Waals surface area (Å²) in [6, 6.07) is 0. The third kappa shape index (κ3) is 0.877. The molecule has 0 bridgehead atoms. The lowest BCUT2D eigenvalue weighted by Crippen LogP contribution is -2.45. The maximum absolute atomic E-state index is 8.93. The van der Waals surface area contributed by atoms with Crippen molar-refractivity contribution in [1.29, 1.82) is 0 Å². The molecule has 1 fully saturated rings. The average molecular weight is 128 g/mol. The van der Waals surface area contributed by atoms with Gasteiger partial charge in [0, 0.05) is 6.61 Å². The summed E-state index contributed by atoms with van der Waals surface area (Å²) in [6.45, 7) is 7.00. The first-order valence-electron chi connectivity index (χ1n) is 3.71. The van der Waals surface area contributed by atoms with Crippen LogP contribution in [0.4, 0.5) is 0 Å². The van der Waals surface area contributed by atoms with Crippen LogP contribution >= 0.6 is 0 Å². The van der Waals surface area contributed by atoms with Crippen LogP contribution in [0.3, 0.4) is 0 Å². The van der Waals surface area contributed by atoms with E-state index in [2.05, 4.69) is 20.8 Å². The molecule has 0 aliphatic heterocycles. The van der Waals surface area contributed by atoms with Crippen molar-refractivity contribution in [2.45, 2.75) is 27.2 Å². The van der Waals surface area contributed by atoms with Crippen molar-refractivity contribution in [3.8, 4) is 0 Å². The van der Waals surface area contributed by atoms with Gasteiger partial charge >= 0.3 is 0 Å². The van der Waals surface area contributed by atoms with Gasteiger partial charge in [-0.25, -0.2) is 0 Å². The number of aliphatic hydroxyl groups excluding tert-OH is 1. The molecule has 0 heterocycles. The Morgan fingerprint density at radius 3 is 2.22 bits per heavy atom. The van der Waals surface area contributed by atoms with Crippen LogP contribution in [0, 0.1) is 17.3 Å². The molecule has 0 aromatic heterocycles. The van der Waals surface area contributed by atoms with Gasteiger partial charge in [0.15, 0.2) is 0 Å². The molecule has 3 atom stereocenters.